The molecule has 0 aromatic carbocycles. The second kappa shape index (κ2) is 6.10. The maximum absolute atomic E-state index is 12.0. The fourth-order valence-electron chi connectivity index (χ4n) is 2.11. The molecule has 20 heavy (non-hydrogen) atoms. The molecule has 2 heterocycles. The number of anilines is 2. The van der Waals surface area contributed by atoms with Gasteiger partial charge in [0.15, 0.2) is 0 Å². The van der Waals surface area contributed by atoms with Gasteiger partial charge < -0.3 is 26.0 Å². The molecule has 2 rings (SSSR count). The molecule has 7 nitrogen and oxygen atoms in total. The highest BCUT2D eigenvalue weighted by Gasteiger charge is 2.28. The lowest BCUT2D eigenvalue weighted by atomic mass is 10.2. The van der Waals surface area contributed by atoms with Crippen molar-refractivity contribution in [2.45, 2.75) is 0 Å². The van der Waals surface area contributed by atoms with Crippen LogP contribution in [0, 0.1) is 0 Å². The largest absolute Gasteiger partial charge is 0.465 e. The summed E-state index contributed by atoms with van der Waals surface area (Å²) >= 11 is 1.21. The summed E-state index contributed by atoms with van der Waals surface area (Å²) in [5.41, 5.74) is 6.52. The van der Waals surface area contributed by atoms with Crippen molar-refractivity contribution in [2.75, 3.05) is 51.0 Å². The molecule has 4 N–H and O–H groups in total. The van der Waals surface area contributed by atoms with Crippen LogP contribution in [-0.4, -0.2) is 52.2 Å². The van der Waals surface area contributed by atoms with Gasteiger partial charge in [0.25, 0.3) is 5.91 Å². The zero-order valence-electron chi connectivity index (χ0n) is 11.5. The molecule has 0 unspecified atom stereocenters. The molecule has 1 amide bonds. The van der Waals surface area contributed by atoms with Gasteiger partial charge in [-0.1, -0.05) is 0 Å². The molecule has 1 saturated heterocycles. The number of nitrogens with two attached hydrogens (primary N) is 1. The Morgan fingerprint density at radius 2 is 2.05 bits per heavy atom. The molecule has 0 atom stereocenters. The van der Waals surface area contributed by atoms with Crippen LogP contribution in [0.4, 0.5) is 10.7 Å². The molecule has 1 aromatic rings. The molecule has 0 saturated carbocycles. The van der Waals surface area contributed by atoms with E-state index >= 15 is 0 Å². The molecular weight excluding hydrogens is 280 g/mol. The third kappa shape index (κ3) is 2.56. The zero-order chi connectivity index (χ0) is 14.7. The quantitative estimate of drug-likeness (QED) is 0.674. The first kappa shape index (κ1) is 14.6. The number of nitrogen functional groups attached to an aromatic ring is 1. The van der Waals surface area contributed by atoms with E-state index in [0.29, 0.717) is 5.56 Å². The minimum atomic E-state index is -0.515. The molecule has 0 aliphatic carbocycles. The number of carbonyl (C=O) groups is 2. The summed E-state index contributed by atoms with van der Waals surface area (Å²) in [6, 6.07) is 0. The Morgan fingerprint density at radius 3 is 2.60 bits per heavy atom. The van der Waals surface area contributed by atoms with Crippen molar-refractivity contribution in [3.63, 3.8) is 0 Å². The number of hydrogen-bond donors (Lipinski definition) is 3. The summed E-state index contributed by atoms with van der Waals surface area (Å²) in [4.78, 5) is 26.1. The molecule has 110 valence electrons. The van der Waals surface area contributed by atoms with Crippen LogP contribution in [0.15, 0.2) is 0 Å². The topological polar surface area (TPSA) is 96.7 Å². The number of nitrogens with zero attached hydrogens (tertiary/aromatic N) is 1. The average molecular weight is 298 g/mol. The molecule has 0 radical (unpaired) electrons. The van der Waals surface area contributed by atoms with Crippen LogP contribution in [0.1, 0.15) is 20.0 Å². The predicted molar refractivity (Wildman–Crippen MR) is 78.5 cm³/mol. The Hall–Kier alpha value is -1.80. The number of hydrogen-bond acceptors (Lipinski definition) is 7. The first-order valence-electron chi connectivity index (χ1n) is 6.28. The lowest BCUT2D eigenvalue weighted by molar-refractivity contribution is 0.0607. The molecule has 0 bridgehead atoms. The Bertz CT molecular complexity index is 523. The molecule has 0 spiro atoms. The number of methoxy groups -OCH3 is 1. The number of thiophene rings is 1. The van der Waals surface area contributed by atoms with E-state index in [0.717, 1.165) is 31.2 Å². The molecule has 1 aliphatic heterocycles. The fraction of sp³-hybridized carbons (Fsp3) is 0.500. The van der Waals surface area contributed by atoms with Crippen molar-refractivity contribution in [2.24, 2.45) is 0 Å². The van der Waals surface area contributed by atoms with Crippen LogP contribution in [0.5, 0.6) is 0 Å². The van der Waals surface area contributed by atoms with E-state index in [2.05, 4.69) is 15.5 Å². The first-order chi connectivity index (χ1) is 9.60. The molecule has 1 fully saturated rings. The number of piperazine rings is 1. The number of nitrogens with one attached hydrogen (secondary N) is 2. The van der Waals surface area contributed by atoms with Crippen LogP contribution < -0.4 is 21.3 Å². The van der Waals surface area contributed by atoms with Gasteiger partial charge in [-0.15, -0.1) is 11.3 Å². The van der Waals surface area contributed by atoms with E-state index in [1.165, 1.54) is 18.4 Å². The number of carbonyl (C=O) groups excluding carboxylic acids is 2. The van der Waals surface area contributed by atoms with E-state index in [-0.39, 0.29) is 16.5 Å². The van der Waals surface area contributed by atoms with Crippen molar-refractivity contribution in [3.05, 3.63) is 10.4 Å². The summed E-state index contributed by atoms with van der Waals surface area (Å²) < 4.78 is 4.72. The maximum atomic E-state index is 12.0. The SMILES string of the molecule is CNC(=O)c1c(N2CCNCC2)sc(C(=O)OC)c1N. The highest BCUT2D eigenvalue weighted by Crippen LogP contribution is 2.38. The van der Waals surface area contributed by atoms with Crippen LogP contribution in [0.3, 0.4) is 0 Å². The van der Waals surface area contributed by atoms with Crippen molar-refractivity contribution in [1.29, 1.82) is 0 Å². The minimum Gasteiger partial charge on any atom is -0.465 e. The predicted octanol–water partition coefficient (Wildman–Crippen LogP) is -0.114. The van der Waals surface area contributed by atoms with E-state index in [1.54, 1.807) is 7.05 Å². The first-order valence-corrected chi connectivity index (χ1v) is 7.10. The second-order valence-electron chi connectivity index (χ2n) is 4.33. The highest BCUT2D eigenvalue weighted by molar-refractivity contribution is 7.19. The third-order valence-electron chi connectivity index (χ3n) is 3.16. The zero-order valence-corrected chi connectivity index (χ0v) is 12.3. The van der Waals surface area contributed by atoms with Gasteiger partial charge in [-0.2, -0.15) is 0 Å². The van der Waals surface area contributed by atoms with Crippen LogP contribution >= 0.6 is 11.3 Å². The van der Waals surface area contributed by atoms with Crippen LogP contribution in [0.2, 0.25) is 0 Å². The van der Waals surface area contributed by atoms with Gasteiger partial charge in [0, 0.05) is 33.2 Å². The van der Waals surface area contributed by atoms with Crippen molar-refractivity contribution < 1.29 is 14.3 Å². The lowest BCUT2D eigenvalue weighted by Crippen LogP contribution is -2.43. The maximum Gasteiger partial charge on any atom is 0.350 e. The summed E-state index contributed by atoms with van der Waals surface area (Å²) in [6.07, 6.45) is 0. The minimum absolute atomic E-state index is 0.190. The Morgan fingerprint density at radius 1 is 1.40 bits per heavy atom. The molecule has 8 heteroatoms. The Kier molecular flexibility index (Phi) is 4.46. The van der Waals surface area contributed by atoms with Gasteiger partial charge in [0.2, 0.25) is 0 Å². The number of ether oxygens (including phenoxy) is 1. The van der Waals surface area contributed by atoms with Crippen molar-refractivity contribution >= 4 is 33.9 Å². The number of rotatable bonds is 3. The summed E-state index contributed by atoms with van der Waals surface area (Å²) in [7, 11) is 2.84. The van der Waals surface area contributed by atoms with E-state index in [1.807, 2.05) is 0 Å². The number of amides is 1. The van der Waals surface area contributed by atoms with E-state index in [4.69, 9.17) is 10.5 Å². The standard InChI is InChI=1S/C12H18N4O3S/c1-14-10(17)7-8(13)9(12(18)19-2)20-11(7)16-5-3-15-4-6-16/h15H,3-6,13H2,1-2H3,(H,14,17). The van der Waals surface area contributed by atoms with Gasteiger partial charge in [0.05, 0.1) is 18.4 Å². The molecular formula is C12H18N4O3S. The van der Waals surface area contributed by atoms with Gasteiger partial charge in [0.1, 0.15) is 9.88 Å². The fourth-order valence-corrected chi connectivity index (χ4v) is 3.30. The molecule has 1 aliphatic rings. The van der Waals surface area contributed by atoms with Crippen LogP contribution in [0.25, 0.3) is 0 Å². The summed E-state index contributed by atoms with van der Waals surface area (Å²) in [5, 5.41) is 6.53. The summed E-state index contributed by atoms with van der Waals surface area (Å²) in [5.74, 6) is -0.804. The second-order valence-corrected chi connectivity index (χ2v) is 5.33. The average Bonchev–Trinajstić information content (AvgIpc) is 2.84. The van der Waals surface area contributed by atoms with E-state index < -0.39 is 5.97 Å². The van der Waals surface area contributed by atoms with Gasteiger partial charge in [-0.3, -0.25) is 4.79 Å². The Labute approximate surface area is 121 Å². The molecule has 1 aromatic heterocycles. The van der Waals surface area contributed by atoms with Crippen LogP contribution in [-0.2, 0) is 4.74 Å². The monoisotopic (exact) mass is 298 g/mol. The van der Waals surface area contributed by atoms with Gasteiger partial charge in [-0.05, 0) is 0 Å². The number of esters is 1. The third-order valence-corrected chi connectivity index (χ3v) is 4.40. The van der Waals surface area contributed by atoms with Crippen molar-refractivity contribution in [1.82, 2.24) is 10.6 Å². The smallest absolute Gasteiger partial charge is 0.350 e. The highest BCUT2D eigenvalue weighted by atomic mass is 32.1. The Balaban J connectivity index is 2.47. The van der Waals surface area contributed by atoms with Gasteiger partial charge in [-0.25, -0.2) is 4.79 Å². The van der Waals surface area contributed by atoms with Crippen molar-refractivity contribution in [3.8, 4) is 0 Å². The summed E-state index contributed by atoms with van der Waals surface area (Å²) in [6.45, 7) is 3.20. The normalized spacial score (nSPS) is 15.0. The lowest BCUT2D eigenvalue weighted by Gasteiger charge is -2.28. The van der Waals surface area contributed by atoms with E-state index in [9.17, 15) is 9.59 Å². The van der Waals surface area contributed by atoms with Gasteiger partial charge >= 0.3 is 5.97 Å².